The van der Waals surface area contributed by atoms with Crippen LogP contribution in [0.15, 0.2) is 103 Å². The van der Waals surface area contributed by atoms with Gasteiger partial charge in [0.15, 0.2) is 0 Å². The first-order chi connectivity index (χ1) is 20.9. The van der Waals surface area contributed by atoms with Gasteiger partial charge in [-0.2, -0.15) is 0 Å². The number of hydrogen-bond donors (Lipinski definition) is 0. The summed E-state index contributed by atoms with van der Waals surface area (Å²) in [5.74, 6) is 0. The Bertz CT molecular complexity index is 2060. The largest absolute Gasteiger partial charge is 0.376 e. The van der Waals surface area contributed by atoms with Gasteiger partial charge in [0.05, 0.1) is 5.69 Å². The molecular formula is C41H41BN2. The summed E-state index contributed by atoms with van der Waals surface area (Å²) < 4.78 is 2.68. The first kappa shape index (κ1) is 27.3. The van der Waals surface area contributed by atoms with Gasteiger partial charge in [-0.15, -0.1) is 0 Å². The third kappa shape index (κ3) is 3.68. The van der Waals surface area contributed by atoms with Crippen molar-refractivity contribution in [3.05, 3.63) is 125 Å². The second-order valence-corrected chi connectivity index (χ2v) is 15.5. The lowest BCUT2D eigenvalue weighted by Crippen LogP contribution is -2.56. The summed E-state index contributed by atoms with van der Waals surface area (Å²) in [5.41, 5.74) is 14.7. The minimum atomic E-state index is -0.116. The molecule has 2 aliphatic heterocycles. The van der Waals surface area contributed by atoms with E-state index in [1.807, 2.05) is 0 Å². The number of rotatable bonds is 1. The van der Waals surface area contributed by atoms with Crippen molar-refractivity contribution in [2.45, 2.75) is 71.6 Å². The van der Waals surface area contributed by atoms with E-state index >= 15 is 0 Å². The van der Waals surface area contributed by atoms with Gasteiger partial charge in [-0.3, -0.25) is 0 Å². The van der Waals surface area contributed by atoms with Gasteiger partial charge in [-0.05, 0) is 68.3 Å². The van der Waals surface area contributed by atoms with Crippen molar-refractivity contribution < 1.29 is 0 Å². The predicted octanol–water partition coefficient (Wildman–Crippen LogP) is 9.47. The van der Waals surface area contributed by atoms with E-state index in [0.717, 1.165) is 0 Å². The first-order valence-electron chi connectivity index (χ1n) is 16.1. The lowest BCUT2D eigenvalue weighted by molar-refractivity contribution is 0.591. The Morgan fingerprint density at radius 2 is 1.07 bits per heavy atom. The maximum atomic E-state index is 2.68. The average Bonchev–Trinajstić information content (AvgIpc) is 3.31. The standard InChI is InChI=1S/C41H41BN2/c1-39(2,3)26-20-22-28-29-23-21-27(40(4,5)6)25-37(29)44(36(28)24-26)42-32-16-10-12-19-35(32)43-34-18-11-9-14-30(34)41(7,8)31-15-13-17-33(42)38(31)43/h9-25H,1-8H3. The Morgan fingerprint density at radius 1 is 0.545 bits per heavy atom. The van der Waals surface area contributed by atoms with Crippen LogP contribution in [0.1, 0.15) is 77.6 Å². The quantitative estimate of drug-likeness (QED) is 0.178. The second kappa shape index (κ2) is 8.91. The van der Waals surface area contributed by atoms with E-state index in [9.17, 15) is 0 Å². The molecule has 0 fully saturated rings. The molecule has 0 spiro atoms. The van der Waals surface area contributed by atoms with Gasteiger partial charge in [0.25, 0.3) is 0 Å². The molecule has 5 aromatic carbocycles. The molecule has 0 atom stereocenters. The van der Waals surface area contributed by atoms with E-state index in [-0.39, 0.29) is 23.1 Å². The van der Waals surface area contributed by atoms with Gasteiger partial charge in [-0.1, -0.05) is 134 Å². The average molecular weight is 573 g/mol. The molecular weight excluding hydrogens is 531 g/mol. The number of hydrogen-bond acceptors (Lipinski definition) is 1. The summed E-state index contributed by atoms with van der Waals surface area (Å²) in [6, 6.07) is 39.5. The van der Waals surface area contributed by atoms with E-state index in [4.69, 9.17) is 0 Å². The fraction of sp³-hybridized carbons (Fsp3) is 0.268. The Labute approximate surface area is 262 Å². The van der Waals surface area contributed by atoms with Crippen LogP contribution in [-0.2, 0) is 16.2 Å². The normalized spacial score (nSPS) is 15.4. The SMILES string of the molecule is CC(C)(C)c1ccc2c3ccc(C(C)(C)C)cc3n(B3c4ccccc4N4c5ccccc5C(C)(C)c5cccc3c54)c2c1. The highest BCUT2D eigenvalue weighted by Crippen LogP contribution is 2.52. The molecule has 0 saturated heterocycles. The molecule has 44 heavy (non-hydrogen) atoms. The van der Waals surface area contributed by atoms with Crippen LogP contribution in [-0.4, -0.2) is 11.3 Å². The highest BCUT2D eigenvalue weighted by molar-refractivity contribution is 6.88. The molecule has 0 unspecified atom stereocenters. The Balaban J connectivity index is 1.53. The van der Waals surface area contributed by atoms with Crippen molar-refractivity contribution in [2.24, 2.45) is 0 Å². The molecule has 6 aromatic rings. The number of fused-ring (bicyclic) bond motifs is 7. The zero-order valence-corrected chi connectivity index (χ0v) is 27.3. The lowest BCUT2D eigenvalue weighted by Gasteiger charge is -2.47. The van der Waals surface area contributed by atoms with Crippen LogP contribution in [0.3, 0.4) is 0 Å². The van der Waals surface area contributed by atoms with Crippen molar-refractivity contribution in [1.29, 1.82) is 0 Å². The third-order valence-corrected chi connectivity index (χ3v) is 10.3. The molecule has 0 bridgehead atoms. The van der Waals surface area contributed by atoms with Gasteiger partial charge in [-0.25, -0.2) is 0 Å². The van der Waals surface area contributed by atoms with E-state index in [2.05, 4.69) is 168 Å². The molecule has 1 aromatic heterocycles. The minimum Gasteiger partial charge on any atom is -0.376 e. The minimum absolute atomic E-state index is 0.0314. The second-order valence-electron chi connectivity index (χ2n) is 15.5. The van der Waals surface area contributed by atoms with Crippen molar-refractivity contribution in [3.63, 3.8) is 0 Å². The summed E-state index contributed by atoms with van der Waals surface area (Å²) in [4.78, 5) is 2.55. The van der Waals surface area contributed by atoms with Crippen molar-refractivity contribution in [2.75, 3.05) is 4.90 Å². The fourth-order valence-corrected chi connectivity index (χ4v) is 7.88. The van der Waals surface area contributed by atoms with E-state index in [1.165, 1.54) is 72.0 Å². The van der Waals surface area contributed by atoms with Gasteiger partial charge in [0.1, 0.15) is 0 Å². The number of nitrogens with zero attached hydrogens (tertiary/aromatic N) is 2. The molecule has 3 heteroatoms. The summed E-state index contributed by atoms with van der Waals surface area (Å²) in [6.07, 6.45) is 0. The van der Waals surface area contributed by atoms with Crippen molar-refractivity contribution in [3.8, 4) is 0 Å². The zero-order valence-electron chi connectivity index (χ0n) is 27.3. The molecule has 0 amide bonds. The summed E-state index contributed by atoms with van der Waals surface area (Å²) in [5, 5.41) is 2.65. The third-order valence-electron chi connectivity index (χ3n) is 10.3. The number of para-hydroxylation sites is 3. The van der Waals surface area contributed by atoms with Crippen LogP contribution in [0.25, 0.3) is 21.8 Å². The highest BCUT2D eigenvalue weighted by atomic mass is 15.2. The number of anilines is 3. The van der Waals surface area contributed by atoms with Crippen LogP contribution < -0.4 is 15.8 Å². The number of aromatic nitrogens is 1. The Hall–Kier alpha value is -4.24. The molecule has 2 aliphatic rings. The topological polar surface area (TPSA) is 8.17 Å². The van der Waals surface area contributed by atoms with E-state index < -0.39 is 0 Å². The van der Waals surface area contributed by atoms with Crippen LogP contribution in [0.5, 0.6) is 0 Å². The van der Waals surface area contributed by atoms with Gasteiger partial charge in [0, 0.05) is 38.6 Å². The molecule has 8 rings (SSSR count). The molecule has 0 saturated carbocycles. The van der Waals surface area contributed by atoms with Gasteiger partial charge >= 0.3 is 6.85 Å². The fourth-order valence-electron chi connectivity index (χ4n) is 7.88. The Kier molecular flexibility index (Phi) is 5.53. The molecule has 0 radical (unpaired) electrons. The monoisotopic (exact) mass is 572 g/mol. The molecule has 2 nitrogen and oxygen atoms in total. The van der Waals surface area contributed by atoms with Crippen LogP contribution >= 0.6 is 0 Å². The summed E-state index contributed by atoms with van der Waals surface area (Å²) in [7, 11) is 0. The van der Waals surface area contributed by atoms with Gasteiger partial charge < -0.3 is 9.38 Å². The lowest BCUT2D eigenvalue weighted by atomic mass is 9.46. The maximum Gasteiger partial charge on any atom is 0.332 e. The van der Waals surface area contributed by atoms with E-state index in [0.29, 0.717) is 0 Å². The van der Waals surface area contributed by atoms with Crippen LogP contribution in [0.2, 0.25) is 0 Å². The van der Waals surface area contributed by atoms with Crippen molar-refractivity contribution >= 4 is 56.6 Å². The summed E-state index contributed by atoms with van der Waals surface area (Å²) in [6.45, 7) is 18.7. The smallest absolute Gasteiger partial charge is 0.332 e. The molecule has 3 heterocycles. The maximum absolute atomic E-state index is 2.68. The van der Waals surface area contributed by atoms with Crippen LogP contribution in [0, 0.1) is 0 Å². The van der Waals surface area contributed by atoms with Gasteiger partial charge in [0.2, 0.25) is 0 Å². The molecule has 0 aliphatic carbocycles. The van der Waals surface area contributed by atoms with E-state index in [1.54, 1.807) is 0 Å². The number of benzene rings is 5. The zero-order chi connectivity index (χ0) is 30.8. The molecule has 0 N–H and O–H groups in total. The molecule has 218 valence electrons. The summed E-state index contributed by atoms with van der Waals surface area (Å²) >= 11 is 0. The first-order valence-corrected chi connectivity index (χ1v) is 16.1. The van der Waals surface area contributed by atoms with Crippen LogP contribution in [0.4, 0.5) is 17.1 Å². The predicted molar refractivity (Wildman–Crippen MR) is 191 cm³/mol. The van der Waals surface area contributed by atoms with Crippen molar-refractivity contribution in [1.82, 2.24) is 4.48 Å². The highest BCUT2D eigenvalue weighted by Gasteiger charge is 2.45. The Morgan fingerprint density at radius 3 is 1.68 bits per heavy atom.